The molecule has 0 unspecified atom stereocenters. The molecule has 0 saturated heterocycles. The van der Waals surface area contributed by atoms with Gasteiger partial charge >= 0.3 is 0 Å². The lowest BCUT2D eigenvalue weighted by Crippen LogP contribution is -2.25. The van der Waals surface area contributed by atoms with Crippen molar-refractivity contribution in [3.8, 4) is 17.2 Å². The van der Waals surface area contributed by atoms with E-state index < -0.39 is 0 Å². The molecule has 0 saturated carbocycles. The zero-order valence-electron chi connectivity index (χ0n) is 17.6. The second-order valence-electron chi connectivity index (χ2n) is 7.84. The van der Waals surface area contributed by atoms with Crippen LogP contribution in [0, 0.1) is 0 Å². The van der Waals surface area contributed by atoms with Crippen LogP contribution in [-0.4, -0.2) is 43.4 Å². The van der Waals surface area contributed by atoms with E-state index in [1.54, 1.807) is 12.1 Å². The lowest BCUT2D eigenvalue weighted by Gasteiger charge is -2.34. The number of ether oxygens (including phenoxy) is 2. The number of hydrogen-bond donors (Lipinski definition) is 1. The number of aromatic hydroxyl groups is 1. The minimum absolute atomic E-state index is 0.150. The smallest absolute Gasteiger partial charge is 0.126 e. The number of phenolic OH excluding ortho intramolecular Hbond substituents is 1. The molecule has 156 valence electrons. The van der Waals surface area contributed by atoms with Gasteiger partial charge < -0.3 is 19.5 Å². The second kappa shape index (κ2) is 9.23. The summed E-state index contributed by atoms with van der Waals surface area (Å²) >= 11 is 0. The van der Waals surface area contributed by atoms with Crippen molar-refractivity contribution in [3.05, 3.63) is 89.5 Å². The van der Waals surface area contributed by atoms with Crippen molar-refractivity contribution in [1.29, 1.82) is 0 Å². The monoisotopic (exact) mass is 403 g/mol. The van der Waals surface area contributed by atoms with Crippen LogP contribution in [0.2, 0.25) is 0 Å². The van der Waals surface area contributed by atoms with Gasteiger partial charge in [0, 0.05) is 30.0 Å². The number of likely N-dealkylation sites (N-methyl/N-ethyl adjacent to an activating group) is 1. The third-order valence-electron chi connectivity index (χ3n) is 5.90. The zero-order chi connectivity index (χ0) is 20.9. The molecule has 0 radical (unpaired) electrons. The Morgan fingerprint density at radius 1 is 1.00 bits per heavy atom. The highest BCUT2D eigenvalue weighted by molar-refractivity contribution is 5.50. The molecule has 1 aliphatic heterocycles. The standard InChI is InChI=1S/C26H29NO3/c1-3-27(2)15-16-29-22-12-9-20(10-13-22)26-23-14-11-21(28)17-25(23)30-18-24(26)19-7-5-4-6-8-19/h4-14,17,24,26,28H,3,15-16,18H2,1-2H3/t24-,26+/m1/s1. The van der Waals surface area contributed by atoms with Gasteiger partial charge in [0.05, 0.1) is 6.61 Å². The van der Waals surface area contributed by atoms with Gasteiger partial charge in [0.1, 0.15) is 23.9 Å². The van der Waals surface area contributed by atoms with E-state index in [1.165, 1.54) is 11.1 Å². The van der Waals surface area contributed by atoms with Crippen molar-refractivity contribution in [1.82, 2.24) is 4.90 Å². The molecule has 3 aromatic carbocycles. The molecule has 30 heavy (non-hydrogen) atoms. The van der Waals surface area contributed by atoms with E-state index >= 15 is 0 Å². The van der Waals surface area contributed by atoms with E-state index in [0.29, 0.717) is 13.2 Å². The highest BCUT2D eigenvalue weighted by Gasteiger charge is 2.33. The van der Waals surface area contributed by atoms with E-state index in [4.69, 9.17) is 9.47 Å². The van der Waals surface area contributed by atoms with E-state index in [-0.39, 0.29) is 17.6 Å². The van der Waals surface area contributed by atoms with E-state index in [1.807, 2.05) is 12.1 Å². The molecule has 4 nitrogen and oxygen atoms in total. The van der Waals surface area contributed by atoms with Crippen molar-refractivity contribution in [3.63, 3.8) is 0 Å². The molecule has 1 heterocycles. The van der Waals surface area contributed by atoms with Gasteiger partial charge in [-0.15, -0.1) is 0 Å². The van der Waals surface area contributed by atoms with Gasteiger partial charge in [-0.25, -0.2) is 0 Å². The van der Waals surface area contributed by atoms with Gasteiger partial charge in [0.15, 0.2) is 0 Å². The van der Waals surface area contributed by atoms with Gasteiger partial charge in [0.25, 0.3) is 0 Å². The van der Waals surface area contributed by atoms with Crippen LogP contribution < -0.4 is 9.47 Å². The van der Waals surface area contributed by atoms with Crippen LogP contribution in [0.1, 0.15) is 35.4 Å². The summed E-state index contributed by atoms with van der Waals surface area (Å²) in [6.45, 7) is 5.32. The number of benzene rings is 3. The summed E-state index contributed by atoms with van der Waals surface area (Å²) < 4.78 is 12.0. The maximum absolute atomic E-state index is 9.90. The third kappa shape index (κ3) is 4.44. The Morgan fingerprint density at radius 3 is 2.50 bits per heavy atom. The Morgan fingerprint density at radius 2 is 1.77 bits per heavy atom. The average Bonchev–Trinajstić information content (AvgIpc) is 2.79. The summed E-state index contributed by atoms with van der Waals surface area (Å²) in [7, 11) is 2.09. The Labute approximate surface area is 178 Å². The van der Waals surface area contributed by atoms with Crippen molar-refractivity contribution < 1.29 is 14.6 Å². The number of nitrogens with zero attached hydrogens (tertiary/aromatic N) is 1. The predicted molar refractivity (Wildman–Crippen MR) is 120 cm³/mol. The van der Waals surface area contributed by atoms with Crippen molar-refractivity contribution in [2.45, 2.75) is 18.8 Å². The first-order valence-electron chi connectivity index (χ1n) is 10.6. The fourth-order valence-corrected chi connectivity index (χ4v) is 4.05. The van der Waals surface area contributed by atoms with Crippen molar-refractivity contribution >= 4 is 0 Å². The maximum atomic E-state index is 9.90. The fourth-order valence-electron chi connectivity index (χ4n) is 4.05. The van der Waals surface area contributed by atoms with Gasteiger partial charge in [-0.3, -0.25) is 0 Å². The Hall–Kier alpha value is -2.98. The van der Waals surface area contributed by atoms with Gasteiger partial charge in [-0.1, -0.05) is 55.5 Å². The Kier molecular flexibility index (Phi) is 6.24. The molecule has 0 fully saturated rings. The molecule has 1 N–H and O–H groups in total. The minimum Gasteiger partial charge on any atom is -0.508 e. The summed E-state index contributed by atoms with van der Waals surface area (Å²) in [5.74, 6) is 2.23. The van der Waals surface area contributed by atoms with Crippen LogP contribution in [0.3, 0.4) is 0 Å². The SMILES string of the molecule is CCN(C)CCOc1ccc([C@H]2c3ccc(O)cc3OC[C@@H]2c2ccccc2)cc1. The molecule has 0 bridgehead atoms. The molecule has 0 spiro atoms. The van der Waals surface area contributed by atoms with Crippen LogP contribution >= 0.6 is 0 Å². The predicted octanol–water partition coefficient (Wildman–Crippen LogP) is 5.03. The van der Waals surface area contributed by atoms with Crippen LogP contribution in [0.15, 0.2) is 72.8 Å². The maximum Gasteiger partial charge on any atom is 0.126 e. The molecule has 0 aromatic heterocycles. The molecule has 1 aliphatic rings. The van der Waals surface area contributed by atoms with Crippen LogP contribution in [-0.2, 0) is 0 Å². The summed E-state index contributed by atoms with van der Waals surface area (Å²) in [4.78, 5) is 2.23. The first-order chi connectivity index (χ1) is 14.7. The molecule has 4 rings (SSSR count). The first-order valence-corrected chi connectivity index (χ1v) is 10.6. The quantitative estimate of drug-likeness (QED) is 0.601. The third-order valence-corrected chi connectivity index (χ3v) is 5.90. The lowest BCUT2D eigenvalue weighted by molar-refractivity contribution is 0.243. The van der Waals surface area contributed by atoms with Gasteiger partial charge in [-0.05, 0) is 42.9 Å². The zero-order valence-corrected chi connectivity index (χ0v) is 17.6. The molecule has 4 heteroatoms. The average molecular weight is 404 g/mol. The molecule has 2 atom stereocenters. The largest absolute Gasteiger partial charge is 0.508 e. The molecular weight excluding hydrogens is 374 g/mol. The Balaban J connectivity index is 1.61. The number of phenols is 1. The molecule has 0 aliphatic carbocycles. The number of fused-ring (bicyclic) bond motifs is 1. The Bertz CT molecular complexity index is 956. The molecule has 3 aromatic rings. The normalized spacial score (nSPS) is 18.0. The van der Waals surface area contributed by atoms with Gasteiger partial charge in [0.2, 0.25) is 0 Å². The topological polar surface area (TPSA) is 41.9 Å². The van der Waals surface area contributed by atoms with Crippen LogP contribution in [0.4, 0.5) is 0 Å². The highest BCUT2D eigenvalue weighted by Crippen LogP contribution is 2.47. The summed E-state index contributed by atoms with van der Waals surface area (Å²) in [6, 6.07) is 24.4. The lowest BCUT2D eigenvalue weighted by atomic mass is 9.76. The number of rotatable bonds is 7. The fraction of sp³-hybridized carbons (Fsp3) is 0.308. The van der Waals surface area contributed by atoms with E-state index in [0.717, 1.165) is 30.2 Å². The summed E-state index contributed by atoms with van der Waals surface area (Å²) in [6.07, 6.45) is 0. The molecule has 0 amide bonds. The first kappa shape index (κ1) is 20.3. The van der Waals surface area contributed by atoms with Gasteiger partial charge in [-0.2, -0.15) is 0 Å². The summed E-state index contributed by atoms with van der Waals surface area (Å²) in [5, 5.41) is 9.90. The minimum atomic E-state index is 0.150. The highest BCUT2D eigenvalue weighted by atomic mass is 16.5. The second-order valence-corrected chi connectivity index (χ2v) is 7.84. The van der Waals surface area contributed by atoms with E-state index in [9.17, 15) is 5.11 Å². The summed E-state index contributed by atoms with van der Waals surface area (Å²) in [5.41, 5.74) is 3.58. The van der Waals surface area contributed by atoms with Crippen molar-refractivity contribution in [2.75, 3.05) is 33.4 Å². The number of hydrogen-bond acceptors (Lipinski definition) is 4. The van der Waals surface area contributed by atoms with Crippen molar-refractivity contribution in [2.24, 2.45) is 0 Å². The van der Waals surface area contributed by atoms with E-state index in [2.05, 4.69) is 67.4 Å². The van der Waals surface area contributed by atoms with Crippen LogP contribution in [0.5, 0.6) is 17.2 Å². The molecular formula is C26H29NO3. The van der Waals surface area contributed by atoms with Crippen LogP contribution in [0.25, 0.3) is 0 Å².